The van der Waals surface area contributed by atoms with Crippen LogP contribution in [0.4, 0.5) is 13.2 Å². The van der Waals surface area contributed by atoms with Gasteiger partial charge in [-0.1, -0.05) is 18.0 Å². The molecule has 1 fully saturated rings. The monoisotopic (exact) mass is 235 g/mol. The van der Waals surface area contributed by atoms with Gasteiger partial charge in [0.2, 0.25) is 0 Å². The lowest BCUT2D eigenvalue weighted by atomic mass is 9.64. The van der Waals surface area contributed by atoms with Gasteiger partial charge in [0.15, 0.2) is 0 Å². The predicted octanol–water partition coefficient (Wildman–Crippen LogP) is 3.72. The molecule has 0 aromatic carbocycles. The molecular weight excluding hydrogens is 227 g/mol. The van der Waals surface area contributed by atoms with Crippen molar-refractivity contribution < 1.29 is 13.2 Å². The lowest BCUT2D eigenvalue weighted by molar-refractivity contribution is -0.212. The second-order valence-corrected chi connectivity index (χ2v) is 4.19. The fraction of sp³-hybridized carbons (Fsp3) is 0.500. The van der Waals surface area contributed by atoms with Crippen LogP contribution in [0.25, 0.3) is 0 Å². The standard InChI is InChI=1S/C10H9ClF3N/c11-8-6-7(2-5-15-8)9(3-1-4-9)10(12,13)14/h2,5-6H,1,3-4H2. The van der Waals surface area contributed by atoms with E-state index in [0.717, 1.165) is 0 Å². The maximum atomic E-state index is 12.9. The van der Waals surface area contributed by atoms with E-state index < -0.39 is 11.6 Å². The van der Waals surface area contributed by atoms with Crippen molar-refractivity contribution in [3.05, 3.63) is 29.0 Å². The summed E-state index contributed by atoms with van der Waals surface area (Å²) in [4.78, 5) is 3.69. The topological polar surface area (TPSA) is 12.9 Å². The maximum absolute atomic E-state index is 12.9. The molecule has 1 aromatic heterocycles. The second kappa shape index (κ2) is 3.37. The summed E-state index contributed by atoms with van der Waals surface area (Å²) in [5, 5.41) is 0.114. The number of rotatable bonds is 1. The molecule has 0 atom stereocenters. The molecule has 0 saturated heterocycles. The summed E-state index contributed by atoms with van der Waals surface area (Å²) < 4.78 is 38.7. The first kappa shape index (κ1) is 10.7. The Labute approximate surface area is 90.3 Å². The largest absolute Gasteiger partial charge is 0.398 e. The van der Waals surface area contributed by atoms with Gasteiger partial charge < -0.3 is 0 Å². The molecule has 0 N–H and O–H groups in total. The number of hydrogen-bond acceptors (Lipinski definition) is 1. The zero-order valence-corrected chi connectivity index (χ0v) is 8.57. The molecule has 0 aliphatic heterocycles. The van der Waals surface area contributed by atoms with Gasteiger partial charge in [-0.2, -0.15) is 13.2 Å². The lowest BCUT2D eigenvalue weighted by Gasteiger charge is -2.43. The highest BCUT2D eigenvalue weighted by Crippen LogP contribution is 2.54. The average molecular weight is 236 g/mol. The smallest absolute Gasteiger partial charge is 0.245 e. The van der Waals surface area contributed by atoms with Gasteiger partial charge >= 0.3 is 6.18 Å². The highest BCUT2D eigenvalue weighted by atomic mass is 35.5. The molecule has 0 amide bonds. The maximum Gasteiger partial charge on any atom is 0.398 e. The second-order valence-electron chi connectivity index (χ2n) is 3.80. The zero-order valence-electron chi connectivity index (χ0n) is 7.81. The van der Waals surface area contributed by atoms with Crippen LogP contribution in [0.3, 0.4) is 0 Å². The third-order valence-corrected chi connectivity index (χ3v) is 3.24. The van der Waals surface area contributed by atoms with Gasteiger partial charge in [-0.15, -0.1) is 0 Å². The van der Waals surface area contributed by atoms with E-state index in [0.29, 0.717) is 6.42 Å². The first-order chi connectivity index (χ1) is 6.96. The van der Waals surface area contributed by atoms with E-state index >= 15 is 0 Å². The van der Waals surface area contributed by atoms with E-state index in [1.807, 2.05) is 0 Å². The molecule has 1 nitrogen and oxygen atoms in total. The molecule has 15 heavy (non-hydrogen) atoms. The highest BCUT2D eigenvalue weighted by Gasteiger charge is 2.59. The normalized spacial score (nSPS) is 19.7. The number of halogens is 4. The van der Waals surface area contributed by atoms with Crippen LogP contribution >= 0.6 is 11.6 Å². The van der Waals surface area contributed by atoms with E-state index in [4.69, 9.17) is 11.6 Å². The van der Waals surface area contributed by atoms with Crippen LogP contribution in [0.15, 0.2) is 18.3 Å². The zero-order chi connectivity index (χ0) is 11.1. The number of hydrogen-bond donors (Lipinski definition) is 0. The third kappa shape index (κ3) is 1.61. The fourth-order valence-electron chi connectivity index (χ4n) is 1.97. The molecule has 5 heteroatoms. The van der Waals surface area contributed by atoms with Gasteiger partial charge in [0, 0.05) is 6.20 Å². The van der Waals surface area contributed by atoms with E-state index in [1.54, 1.807) is 0 Å². The molecule has 1 aromatic rings. The van der Waals surface area contributed by atoms with E-state index in [9.17, 15) is 13.2 Å². The van der Waals surface area contributed by atoms with Crippen LogP contribution in [0.2, 0.25) is 5.15 Å². The van der Waals surface area contributed by atoms with E-state index in [1.165, 1.54) is 18.3 Å². The molecular formula is C10H9ClF3N. The number of aromatic nitrogens is 1. The van der Waals surface area contributed by atoms with Gasteiger partial charge in [0.05, 0.1) is 5.41 Å². The Hall–Kier alpha value is -0.770. The van der Waals surface area contributed by atoms with Crippen LogP contribution in [-0.2, 0) is 5.41 Å². The molecule has 0 bridgehead atoms. The fourth-order valence-corrected chi connectivity index (χ4v) is 2.14. The summed E-state index contributed by atoms with van der Waals surface area (Å²) in [5.41, 5.74) is -1.44. The summed E-state index contributed by atoms with van der Waals surface area (Å²) in [7, 11) is 0. The summed E-state index contributed by atoms with van der Waals surface area (Å²) in [6.45, 7) is 0. The van der Waals surface area contributed by atoms with Crippen LogP contribution in [0, 0.1) is 0 Å². The molecule has 1 saturated carbocycles. The summed E-state index contributed by atoms with van der Waals surface area (Å²) in [6, 6.07) is 2.72. The number of alkyl halides is 3. The number of nitrogens with zero attached hydrogens (tertiary/aromatic N) is 1. The molecule has 0 radical (unpaired) electrons. The van der Waals surface area contributed by atoms with Crippen molar-refractivity contribution in [2.75, 3.05) is 0 Å². The Morgan fingerprint density at radius 3 is 2.40 bits per heavy atom. The Morgan fingerprint density at radius 1 is 1.33 bits per heavy atom. The van der Waals surface area contributed by atoms with Crippen molar-refractivity contribution in [1.29, 1.82) is 0 Å². The first-order valence-corrected chi connectivity index (χ1v) is 5.02. The van der Waals surface area contributed by atoms with Crippen LogP contribution in [0.5, 0.6) is 0 Å². The number of pyridine rings is 1. The van der Waals surface area contributed by atoms with Crippen LogP contribution < -0.4 is 0 Å². The van der Waals surface area contributed by atoms with Crippen LogP contribution in [-0.4, -0.2) is 11.2 Å². The Bertz CT molecular complexity index is 371. The van der Waals surface area contributed by atoms with E-state index in [2.05, 4.69) is 4.98 Å². The molecule has 82 valence electrons. The van der Waals surface area contributed by atoms with Crippen LogP contribution in [0.1, 0.15) is 24.8 Å². The minimum absolute atomic E-state index is 0.114. The van der Waals surface area contributed by atoms with Crippen molar-refractivity contribution in [3.63, 3.8) is 0 Å². The Kier molecular flexibility index (Phi) is 2.41. The minimum Gasteiger partial charge on any atom is -0.245 e. The SMILES string of the molecule is FC(F)(F)C1(c2ccnc(Cl)c2)CCC1. The van der Waals surface area contributed by atoms with Gasteiger partial charge in [-0.25, -0.2) is 4.98 Å². The molecule has 0 unspecified atom stereocenters. The average Bonchev–Trinajstić information content (AvgIpc) is 1.98. The van der Waals surface area contributed by atoms with Gasteiger partial charge in [-0.3, -0.25) is 0 Å². The lowest BCUT2D eigenvalue weighted by Crippen LogP contribution is -2.47. The Balaban J connectivity index is 2.43. The van der Waals surface area contributed by atoms with Gasteiger partial charge in [-0.05, 0) is 30.5 Å². The van der Waals surface area contributed by atoms with Crippen molar-refractivity contribution in [2.24, 2.45) is 0 Å². The molecule has 1 aliphatic rings. The van der Waals surface area contributed by atoms with E-state index in [-0.39, 0.29) is 23.6 Å². The van der Waals surface area contributed by atoms with Crippen molar-refractivity contribution >= 4 is 11.6 Å². The molecule has 0 spiro atoms. The quantitative estimate of drug-likeness (QED) is 0.676. The third-order valence-electron chi connectivity index (χ3n) is 3.03. The van der Waals surface area contributed by atoms with Crippen molar-refractivity contribution in [2.45, 2.75) is 30.9 Å². The highest BCUT2D eigenvalue weighted by molar-refractivity contribution is 6.29. The summed E-state index contributed by atoms with van der Waals surface area (Å²) in [5.74, 6) is 0. The minimum atomic E-state index is -4.20. The van der Waals surface area contributed by atoms with Crippen molar-refractivity contribution in [3.8, 4) is 0 Å². The van der Waals surface area contributed by atoms with Crippen molar-refractivity contribution in [1.82, 2.24) is 4.98 Å². The molecule has 2 rings (SSSR count). The van der Waals surface area contributed by atoms with Gasteiger partial charge in [0.1, 0.15) is 5.15 Å². The predicted molar refractivity (Wildman–Crippen MR) is 50.8 cm³/mol. The first-order valence-electron chi connectivity index (χ1n) is 4.64. The molecule has 1 aliphatic carbocycles. The summed E-state index contributed by atoms with van der Waals surface area (Å²) in [6.07, 6.45) is -1.97. The summed E-state index contributed by atoms with van der Waals surface area (Å²) >= 11 is 5.60. The Morgan fingerprint density at radius 2 is 2.00 bits per heavy atom. The van der Waals surface area contributed by atoms with Gasteiger partial charge in [0.25, 0.3) is 0 Å². The molecule has 1 heterocycles.